The van der Waals surface area contributed by atoms with Crippen LogP contribution in [0.5, 0.6) is 0 Å². The topological polar surface area (TPSA) is 56.7 Å². The minimum absolute atomic E-state index is 0. The molecule has 9 aromatic rings. The number of para-hydroxylation sites is 1. The number of fused-ring (bicyclic) bond motifs is 4. The fraction of sp³-hybridized carbons (Fsp3) is 0.268. The quantitative estimate of drug-likeness (QED) is 0.112. The molecule has 4 heterocycles. The first-order chi connectivity index (χ1) is 30.8. The van der Waals surface area contributed by atoms with Gasteiger partial charge in [0.05, 0.1) is 36.7 Å². The SMILES string of the molecule is Cc1cc(C(C)C)c(-n2c(-c3[c-]ccc4c3oc3ccccc34)nc3cncc(C)c32)c(C(C)C)c1.[2H]C([2H])([2H])c1c[c-]c(-c2cc(C(C)(C)c3ccccc3)c([Si](C)(C)C)cn2)cc1.[Ir]. The summed E-state index contributed by atoms with van der Waals surface area (Å²) >= 11 is 0. The molecule has 5 nitrogen and oxygen atoms in total. The maximum Gasteiger partial charge on any atom is 0.120 e. The van der Waals surface area contributed by atoms with Gasteiger partial charge >= 0.3 is 0 Å². The molecule has 0 atom stereocenters. The number of aromatic nitrogens is 4. The minimum atomic E-state index is -2.12. The molecule has 0 saturated heterocycles. The second kappa shape index (κ2) is 18.0. The van der Waals surface area contributed by atoms with E-state index < -0.39 is 14.9 Å². The van der Waals surface area contributed by atoms with Crippen LogP contribution in [0.4, 0.5) is 0 Å². The molecule has 5 aromatic carbocycles. The van der Waals surface area contributed by atoms with E-state index in [0.717, 1.165) is 61.2 Å². The van der Waals surface area contributed by atoms with E-state index in [9.17, 15) is 0 Å². The van der Waals surface area contributed by atoms with Gasteiger partial charge in [0.25, 0.3) is 0 Å². The van der Waals surface area contributed by atoms with Crippen LogP contribution in [0.2, 0.25) is 19.6 Å². The summed E-state index contributed by atoms with van der Waals surface area (Å²) in [6, 6.07) is 41.2. The van der Waals surface area contributed by atoms with Gasteiger partial charge in [-0.1, -0.05) is 151 Å². The van der Waals surface area contributed by atoms with Gasteiger partial charge in [0.15, 0.2) is 0 Å². The Kier molecular flexibility index (Phi) is 11.8. The first-order valence-electron chi connectivity index (χ1n) is 23.1. The molecule has 0 aliphatic heterocycles. The Morgan fingerprint density at radius 1 is 0.778 bits per heavy atom. The van der Waals surface area contributed by atoms with Gasteiger partial charge in [0, 0.05) is 53.1 Å². The third-order valence-corrected chi connectivity index (χ3v) is 14.1. The Hall–Kier alpha value is -5.46. The zero-order chi connectivity index (χ0) is 46.6. The maximum absolute atomic E-state index is 7.56. The summed E-state index contributed by atoms with van der Waals surface area (Å²) in [6.07, 6.45) is 5.81. The zero-order valence-corrected chi connectivity index (χ0v) is 41.6. The van der Waals surface area contributed by atoms with Crippen LogP contribution in [-0.2, 0) is 25.5 Å². The molecule has 0 spiro atoms. The van der Waals surface area contributed by atoms with Crippen LogP contribution in [-0.4, -0.2) is 27.6 Å². The Bertz CT molecular complexity index is 3150. The van der Waals surface area contributed by atoms with Gasteiger partial charge in [-0.25, -0.2) is 0 Å². The summed E-state index contributed by atoms with van der Waals surface area (Å²) in [5, 5.41) is 3.52. The molecule has 4 aromatic heterocycles. The van der Waals surface area contributed by atoms with Crippen molar-refractivity contribution < 1.29 is 28.6 Å². The number of hydrogen-bond donors (Lipinski definition) is 0. The molecule has 0 aliphatic carbocycles. The maximum atomic E-state index is 7.56. The third-order valence-electron chi connectivity index (χ3n) is 12.1. The number of furan rings is 1. The van der Waals surface area contributed by atoms with Gasteiger partial charge in [-0.05, 0) is 70.4 Å². The van der Waals surface area contributed by atoms with Crippen LogP contribution in [0, 0.1) is 32.8 Å². The molecule has 0 N–H and O–H groups in total. The van der Waals surface area contributed by atoms with E-state index in [1.54, 1.807) is 18.2 Å². The monoisotopic (exact) mass is 1030 g/mol. The molecule has 0 amide bonds. The van der Waals surface area contributed by atoms with Crippen molar-refractivity contribution >= 4 is 46.2 Å². The molecule has 323 valence electrons. The number of aryl methyl sites for hydroxylation is 3. The fourth-order valence-corrected chi connectivity index (χ4v) is 10.4. The number of imidazole rings is 1. The van der Waals surface area contributed by atoms with Crippen molar-refractivity contribution in [3.63, 3.8) is 0 Å². The number of hydrogen-bond acceptors (Lipinski definition) is 4. The first-order valence-corrected chi connectivity index (χ1v) is 25.1. The Morgan fingerprint density at radius 2 is 1.48 bits per heavy atom. The van der Waals surface area contributed by atoms with Gasteiger partial charge in [-0.15, -0.1) is 53.6 Å². The van der Waals surface area contributed by atoms with Crippen LogP contribution in [0.3, 0.4) is 0 Å². The van der Waals surface area contributed by atoms with Crippen molar-refractivity contribution in [2.24, 2.45) is 0 Å². The second-order valence-electron chi connectivity index (χ2n) is 18.7. The molecule has 0 unspecified atom stereocenters. The standard InChI is InChI=1S/C32H30N3O.C24H28NSi.Ir/c1-18(2)25-14-20(5)15-26(19(3)4)30(25)35-29-21(6)16-33-17-27(29)34-32(35)24-12-9-11-23-22-10-7-8-13-28(22)36-31(23)24;1-18-12-14-19(15-13-18)22-16-21(23(17-25-22)26(4,5)6)24(2,3)20-10-8-7-9-11-20;/h7-11,13-19H,1-6H3;7-14,16-17H,1-6H3;/q2*-1;/i;1D3;. The number of rotatable bonds is 8. The first kappa shape index (κ1) is 41.5. The van der Waals surface area contributed by atoms with Crippen LogP contribution in [0.1, 0.15) is 96.4 Å². The molecular weight excluding hydrogens is 965 g/mol. The minimum Gasteiger partial charge on any atom is -0.501 e. The second-order valence-corrected chi connectivity index (χ2v) is 23.8. The number of pyridine rings is 2. The number of benzene rings is 5. The normalized spacial score (nSPS) is 12.9. The molecule has 9 rings (SSSR count). The Labute approximate surface area is 392 Å². The summed E-state index contributed by atoms with van der Waals surface area (Å²) in [6.45, 7) is 22.8. The van der Waals surface area contributed by atoms with Crippen LogP contribution < -0.4 is 5.19 Å². The largest absolute Gasteiger partial charge is 0.501 e. The van der Waals surface area contributed by atoms with E-state index in [1.165, 1.54) is 38.7 Å². The van der Waals surface area contributed by atoms with Gasteiger partial charge in [0.1, 0.15) is 5.58 Å². The van der Waals surface area contributed by atoms with Crippen LogP contribution in [0.25, 0.3) is 61.3 Å². The summed E-state index contributed by atoms with van der Waals surface area (Å²) in [5.74, 6) is 1.52. The smallest absolute Gasteiger partial charge is 0.120 e. The number of nitrogens with zero attached hydrogens (tertiary/aromatic N) is 4. The van der Waals surface area contributed by atoms with Crippen molar-refractivity contribution in [1.82, 2.24) is 19.5 Å². The third kappa shape index (κ3) is 8.76. The summed E-state index contributed by atoms with van der Waals surface area (Å²) in [4.78, 5) is 14.4. The Morgan fingerprint density at radius 3 is 2.13 bits per heavy atom. The predicted octanol–water partition coefficient (Wildman–Crippen LogP) is 14.4. The van der Waals surface area contributed by atoms with Gasteiger partial charge in [0.2, 0.25) is 0 Å². The van der Waals surface area contributed by atoms with E-state index in [0.29, 0.717) is 17.4 Å². The summed E-state index contributed by atoms with van der Waals surface area (Å²) in [7, 11) is -1.63. The molecule has 0 aliphatic rings. The van der Waals surface area contributed by atoms with E-state index in [-0.39, 0.29) is 25.5 Å². The zero-order valence-electron chi connectivity index (χ0n) is 41.2. The van der Waals surface area contributed by atoms with Crippen molar-refractivity contribution in [2.45, 2.75) is 99.1 Å². The molecule has 7 heteroatoms. The van der Waals surface area contributed by atoms with Gasteiger partial charge < -0.3 is 14.0 Å². The average Bonchev–Trinajstić information content (AvgIpc) is 3.85. The molecule has 0 bridgehead atoms. The molecule has 0 fully saturated rings. The van der Waals surface area contributed by atoms with Crippen molar-refractivity contribution in [3.8, 4) is 28.3 Å². The Balaban J connectivity index is 0.000000198. The van der Waals surface area contributed by atoms with E-state index in [2.05, 4.69) is 151 Å². The summed E-state index contributed by atoms with van der Waals surface area (Å²) in [5.41, 5.74) is 15.0. The van der Waals surface area contributed by atoms with Gasteiger partial charge in [-0.3, -0.25) is 9.97 Å². The predicted molar refractivity (Wildman–Crippen MR) is 263 cm³/mol. The van der Waals surface area contributed by atoms with E-state index in [1.807, 2.05) is 48.9 Å². The fourth-order valence-electron chi connectivity index (χ4n) is 8.71. The molecule has 63 heavy (non-hydrogen) atoms. The molecule has 1 radical (unpaired) electrons. The van der Waals surface area contributed by atoms with Crippen molar-refractivity contribution in [1.29, 1.82) is 0 Å². The average molecular weight is 1030 g/mol. The van der Waals surface area contributed by atoms with E-state index >= 15 is 0 Å². The molecule has 0 saturated carbocycles. The van der Waals surface area contributed by atoms with Gasteiger partial charge in [-0.2, -0.15) is 0 Å². The van der Waals surface area contributed by atoms with Crippen molar-refractivity contribution in [2.75, 3.05) is 0 Å². The van der Waals surface area contributed by atoms with Crippen LogP contribution in [0.15, 0.2) is 126 Å². The molecular formula is C56H58IrN4OSi-2. The summed E-state index contributed by atoms with van der Waals surface area (Å²) < 4.78 is 31.4. The van der Waals surface area contributed by atoms with E-state index in [4.69, 9.17) is 18.5 Å². The van der Waals surface area contributed by atoms with Crippen LogP contribution >= 0.6 is 0 Å². The van der Waals surface area contributed by atoms with Crippen molar-refractivity contribution in [3.05, 3.63) is 173 Å².